The van der Waals surface area contributed by atoms with Crippen molar-refractivity contribution in [1.29, 1.82) is 0 Å². The molecule has 1 atom stereocenters. The summed E-state index contributed by atoms with van der Waals surface area (Å²) < 4.78 is 10.9. The Hall–Kier alpha value is -2.73. The van der Waals surface area contributed by atoms with Gasteiger partial charge in [0.05, 0.1) is 6.21 Å². The second kappa shape index (κ2) is 7.90. The highest BCUT2D eigenvalue weighted by Gasteiger charge is 2.17. The van der Waals surface area contributed by atoms with Crippen LogP contribution in [0.3, 0.4) is 0 Å². The van der Waals surface area contributed by atoms with Gasteiger partial charge in [0.1, 0.15) is 13.2 Å². The minimum absolute atomic E-state index is 0.315. The first-order valence-corrected chi connectivity index (χ1v) is 8.15. The largest absolute Gasteiger partial charge is 0.486 e. The molecule has 0 bridgehead atoms. The summed E-state index contributed by atoms with van der Waals surface area (Å²) in [5.41, 5.74) is 1.43. The molecule has 0 unspecified atom stereocenters. The molecular formula is C18H17ClN2O4. The van der Waals surface area contributed by atoms with Gasteiger partial charge < -0.3 is 19.6 Å². The number of nitrogens with one attached hydrogen (secondary N) is 1. The fraction of sp³-hybridized carbons (Fsp3) is 0.222. The summed E-state index contributed by atoms with van der Waals surface area (Å²) in [7, 11) is 0. The van der Waals surface area contributed by atoms with Crippen LogP contribution in [0.25, 0.3) is 0 Å². The van der Waals surface area contributed by atoms with Crippen molar-refractivity contribution in [2.75, 3.05) is 18.5 Å². The molecule has 2 aromatic carbocycles. The topological polar surface area (TPSA) is 69.2 Å². The number of hydrogen-bond acceptors (Lipinski definition) is 5. The van der Waals surface area contributed by atoms with E-state index in [0.29, 0.717) is 35.4 Å². The molecule has 1 amide bonds. The minimum atomic E-state index is -0.753. The van der Waals surface area contributed by atoms with Gasteiger partial charge in [-0.1, -0.05) is 28.9 Å². The van der Waals surface area contributed by atoms with E-state index in [9.17, 15) is 4.79 Å². The molecule has 1 aliphatic heterocycles. The number of benzene rings is 2. The number of amides is 1. The van der Waals surface area contributed by atoms with Crippen LogP contribution in [0.4, 0.5) is 5.69 Å². The van der Waals surface area contributed by atoms with Gasteiger partial charge in [-0.3, -0.25) is 4.79 Å². The third kappa shape index (κ3) is 4.64. The van der Waals surface area contributed by atoms with Gasteiger partial charge in [-0.05, 0) is 36.8 Å². The molecule has 1 heterocycles. The molecular weight excluding hydrogens is 344 g/mol. The van der Waals surface area contributed by atoms with Crippen LogP contribution in [-0.2, 0) is 9.63 Å². The zero-order chi connectivity index (χ0) is 17.6. The van der Waals surface area contributed by atoms with Crippen LogP contribution in [0, 0.1) is 0 Å². The van der Waals surface area contributed by atoms with Crippen LogP contribution < -0.4 is 14.8 Å². The van der Waals surface area contributed by atoms with E-state index in [0.717, 1.165) is 5.56 Å². The van der Waals surface area contributed by atoms with Gasteiger partial charge >= 0.3 is 0 Å². The molecule has 3 rings (SSSR count). The number of carbonyl (C=O) groups is 1. The van der Waals surface area contributed by atoms with Crippen molar-refractivity contribution in [2.45, 2.75) is 13.0 Å². The Bertz CT molecular complexity index is 777. The van der Waals surface area contributed by atoms with E-state index >= 15 is 0 Å². The molecule has 25 heavy (non-hydrogen) atoms. The van der Waals surface area contributed by atoms with Crippen molar-refractivity contribution in [3.8, 4) is 11.5 Å². The van der Waals surface area contributed by atoms with E-state index in [1.807, 2.05) is 0 Å². The number of rotatable bonds is 5. The number of halogens is 1. The molecule has 6 nitrogen and oxygen atoms in total. The van der Waals surface area contributed by atoms with Gasteiger partial charge in [-0.25, -0.2) is 0 Å². The van der Waals surface area contributed by atoms with E-state index in [-0.39, 0.29) is 5.91 Å². The van der Waals surface area contributed by atoms with Crippen LogP contribution in [0.2, 0.25) is 5.02 Å². The lowest BCUT2D eigenvalue weighted by Gasteiger charge is -2.19. The van der Waals surface area contributed by atoms with Gasteiger partial charge in [-0.2, -0.15) is 0 Å². The Kier molecular flexibility index (Phi) is 5.40. The smallest absolute Gasteiger partial charge is 0.267 e. The number of hydrogen-bond donors (Lipinski definition) is 1. The molecule has 0 aromatic heterocycles. The monoisotopic (exact) mass is 360 g/mol. The predicted molar refractivity (Wildman–Crippen MR) is 95.7 cm³/mol. The number of nitrogens with zero attached hydrogens (tertiary/aromatic N) is 1. The minimum Gasteiger partial charge on any atom is -0.486 e. The van der Waals surface area contributed by atoms with Gasteiger partial charge in [0.2, 0.25) is 6.10 Å². The zero-order valence-corrected chi connectivity index (χ0v) is 14.3. The molecule has 0 aliphatic carbocycles. The lowest BCUT2D eigenvalue weighted by atomic mass is 10.2. The Morgan fingerprint density at radius 2 is 1.92 bits per heavy atom. The first kappa shape index (κ1) is 17.1. The fourth-order valence-corrected chi connectivity index (χ4v) is 2.27. The molecule has 1 aliphatic rings. The third-order valence-corrected chi connectivity index (χ3v) is 3.72. The Morgan fingerprint density at radius 3 is 2.68 bits per heavy atom. The van der Waals surface area contributed by atoms with Crippen LogP contribution in [0.5, 0.6) is 11.5 Å². The summed E-state index contributed by atoms with van der Waals surface area (Å²) >= 11 is 5.81. The van der Waals surface area contributed by atoms with E-state index < -0.39 is 6.10 Å². The van der Waals surface area contributed by atoms with E-state index in [4.69, 9.17) is 25.9 Å². The number of fused-ring (bicyclic) bond motifs is 1. The summed E-state index contributed by atoms with van der Waals surface area (Å²) in [6.45, 7) is 2.63. The Balaban J connectivity index is 1.54. The van der Waals surface area contributed by atoms with E-state index in [1.165, 1.54) is 6.21 Å². The molecule has 7 heteroatoms. The summed E-state index contributed by atoms with van der Waals surface area (Å²) in [4.78, 5) is 17.4. The number of carbonyl (C=O) groups excluding carboxylic acids is 1. The lowest BCUT2D eigenvalue weighted by molar-refractivity contribution is -0.126. The highest BCUT2D eigenvalue weighted by atomic mass is 35.5. The first-order chi connectivity index (χ1) is 12.1. The molecule has 0 saturated carbocycles. The van der Waals surface area contributed by atoms with Gasteiger partial charge in [0.15, 0.2) is 11.5 Å². The Morgan fingerprint density at radius 1 is 1.20 bits per heavy atom. The molecule has 0 spiro atoms. The first-order valence-electron chi connectivity index (χ1n) is 7.77. The third-order valence-electron chi connectivity index (χ3n) is 3.47. The maximum absolute atomic E-state index is 12.2. The summed E-state index contributed by atoms with van der Waals surface area (Å²) in [6, 6.07) is 12.3. The number of oxime groups is 1. The van der Waals surface area contributed by atoms with Crippen molar-refractivity contribution in [1.82, 2.24) is 0 Å². The fourth-order valence-electron chi connectivity index (χ4n) is 2.14. The van der Waals surface area contributed by atoms with Crippen molar-refractivity contribution in [3.05, 3.63) is 53.1 Å². The highest BCUT2D eigenvalue weighted by molar-refractivity contribution is 6.30. The maximum atomic E-state index is 12.2. The van der Waals surface area contributed by atoms with Crippen molar-refractivity contribution in [3.63, 3.8) is 0 Å². The van der Waals surface area contributed by atoms with Crippen molar-refractivity contribution < 1.29 is 19.1 Å². The van der Waals surface area contributed by atoms with Gasteiger partial charge in [-0.15, -0.1) is 0 Å². The van der Waals surface area contributed by atoms with E-state index in [1.54, 1.807) is 49.4 Å². The van der Waals surface area contributed by atoms with Crippen LogP contribution in [0.1, 0.15) is 12.5 Å². The summed E-state index contributed by atoms with van der Waals surface area (Å²) in [6.07, 6.45) is 0.765. The average molecular weight is 361 g/mol. The van der Waals surface area contributed by atoms with Gasteiger partial charge in [0.25, 0.3) is 5.91 Å². The zero-order valence-electron chi connectivity index (χ0n) is 13.6. The molecule has 2 aromatic rings. The normalized spacial score (nSPS) is 14.2. The van der Waals surface area contributed by atoms with Crippen LogP contribution in [-0.4, -0.2) is 31.4 Å². The quantitative estimate of drug-likeness (QED) is 0.654. The van der Waals surface area contributed by atoms with Gasteiger partial charge in [0, 0.05) is 16.8 Å². The molecule has 130 valence electrons. The van der Waals surface area contributed by atoms with Crippen molar-refractivity contribution in [2.24, 2.45) is 5.16 Å². The SMILES string of the molecule is C[C@H](O/N=C\c1ccc(Cl)cc1)C(=O)Nc1ccc2c(c1)OCCO2. The average Bonchev–Trinajstić information content (AvgIpc) is 2.63. The molecule has 0 radical (unpaired) electrons. The molecule has 1 N–H and O–H groups in total. The highest BCUT2D eigenvalue weighted by Crippen LogP contribution is 2.32. The summed E-state index contributed by atoms with van der Waals surface area (Å²) in [5, 5.41) is 7.23. The number of ether oxygens (including phenoxy) is 2. The second-order valence-electron chi connectivity index (χ2n) is 5.38. The summed E-state index contributed by atoms with van der Waals surface area (Å²) in [5.74, 6) is 0.962. The lowest BCUT2D eigenvalue weighted by Crippen LogP contribution is -2.26. The van der Waals surface area contributed by atoms with E-state index in [2.05, 4.69) is 10.5 Å². The van der Waals surface area contributed by atoms with Crippen LogP contribution in [0.15, 0.2) is 47.6 Å². The van der Waals surface area contributed by atoms with Crippen LogP contribution >= 0.6 is 11.6 Å². The standard InChI is InChI=1S/C18H17ClN2O4/c1-12(25-20-11-13-2-4-14(19)5-3-13)18(22)21-15-6-7-16-17(10-15)24-9-8-23-16/h2-7,10-12H,8-9H2,1H3,(H,21,22)/b20-11-/t12-/m0/s1. The Labute approximate surface area is 150 Å². The predicted octanol–water partition coefficient (Wildman–Crippen LogP) is 3.49. The van der Waals surface area contributed by atoms with Crippen molar-refractivity contribution >= 4 is 29.4 Å². The second-order valence-corrected chi connectivity index (χ2v) is 5.82. The molecule has 0 saturated heterocycles. The maximum Gasteiger partial charge on any atom is 0.267 e. The number of anilines is 1. The molecule has 0 fully saturated rings.